The van der Waals surface area contributed by atoms with Gasteiger partial charge in [-0.15, -0.1) is 0 Å². The Balaban J connectivity index is 1.47. The number of rotatable bonds is 13. The number of halogens is 1. The number of Topliss-reactive ketones (excluding diaryl/α,β-unsaturated/α-hetero) is 1. The van der Waals surface area contributed by atoms with Crippen molar-refractivity contribution in [2.75, 3.05) is 13.2 Å². The maximum atomic E-state index is 13.9. The summed E-state index contributed by atoms with van der Waals surface area (Å²) in [5, 5.41) is 0.672. The molecule has 0 atom stereocenters. The van der Waals surface area contributed by atoms with Gasteiger partial charge in [0.05, 0.1) is 18.8 Å². The first-order valence-electron chi connectivity index (χ1n) is 14.0. The summed E-state index contributed by atoms with van der Waals surface area (Å²) in [6, 6.07) is 27.6. The van der Waals surface area contributed by atoms with Crippen molar-refractivity contribution in [3.8, 4) is 17.2 Å². The number of oxazole rings is 1. The van der Waals surface area contributed by atoms with E-state index in [0.29, 0.717) is 58.6 Å². The molecule has 6 nitrogen and oxygen atoms in total. The minimum absolute atomic E-state index is 0.220. The molecule has 1 heterocycles. The molecule has 1 aromatic heterocycles. The van der Waals surface area contributed by atoms with Crippen LogP contribution in [0.3, 0.4) is 0 Å². The molecule has 4 aromatic carbocycles. The second kappa shape index (κ2) is 13.9. The summed E-state index contributed by atoms with van der Waals surface area (Å²) in [4.78, 5) is 18.5. The Kier molecular flexibility index (Phi) is 9.57. The molecule has 0 spiro atoms. The second-order valence-corrected chi connectivity index (χ2v) is 10.1. The summed E-state index contributed by atoms with van der Waals surface area (Å²) in [5.74, 6) is 1.91. The van der Waals surface area contributed by atoms with Crippen LogP contribution in [-0.4, -0.2) is 24.0 Å². The number of nitrogens with zero attached hydrogens (tertiary/aromatic N) is 1. The highest BCUT2D eigenvalue weighted by atomic mass is 35.5. The molecule has 0 saturated carbocycles. The minimum Gasteiger partial charge on any atom is -0.494 e. The number of benzene rings is 4. The third-order valence-corrected chi connectivity index (χ3v) is 6.79. The van der Waals surface area contributed by atoms with Crippen LogP contribution in [0.1, 0.15) is 54.1 Å². The van der Waals surface area contributed by atoms with Gasteiger partial charge in [0.1, 0.15) is 17.9 Å². The average Bonchev–Trinajstić information content (AvgIpc) is 3.45. The molecule has 0 amide bonds. The molecule has 42 heavy (non-hydrogen) atoms. The average molecular weight is 582 g/mol. The number of aromatic nitrogens is 1. The molecular weight excluding hydrogens is 550 g/mol. The van der Waals surface area contributed by atoms with E-state index in [4.69, 9.17) is 30.2 Å². The zero-order valence-corrected chi connectivity index (χ0v) is 24.4. The Morgan fingerprint density at radius 1 is 0.881 bits per heavy atom. The molecule has 0 saturated heterocycles. The van der Waals surface area contributed by atoms with Crippen LogP contribution in [-0.2, 0) is 6.61 Å². The molecule has 5 aromatic rings. The van der Waals surface area contributed by atoms with Crippen LogP contribution in [0.2, 0.25) is 5.02 Å². The third-order valence-electron chi connectivity index (χ3n) is 6.54. The monoisotopic (exact) mass is 581 g/mol. The van der Waals surface area contributed by atoms with E-state index in [0.717, 1.165) is 29.7 Å². The van der Waals surface area contributed by atoms with Crippen molar-refractivity contribution in [1.82, 2.24) is 4.98 Å². The first-order valence-corrected chi connectivity index (χ1v) is 14.4. The van der Waals surface area contributed by atoms with E-state index in [9.17, 15) is 4.79 Å². The lowest BCUT2D eigenvalue weighted by molar-refractivity contribution is 0.105. The molecule has 7 heteroatoms. The van der Waals surface area contributed by atoms with Crippen LogP contribution in [0, 0.1) is 0 Å². The summed E-state index contributed by atoms with van der Waals surface area (Å²) in [6.45, 7) is 5.48. The van der Waals surface area contributed by atoms with E-state index < -0.39 is 0 Å². The Labute approximate surface area is 250 Å². The summed E-state index contributed by atoms with van der Waals surface area (Å²) < 4.78 is 23.8. The molecular formula is C35H32ClNO5. The number of unbranched alkanes of at least 4 members (excludes halogenated alkanes) is 1. The predicted octanol–water partition coefficient (Wildman–Crippen LogP) is 9.06. The number of ether oxygens (including phenoxy) is 3. The van der Waals surface area contributed by atoms with Gasteiger partial charge >= 0.3 is 0 Å². The van der Waals surface area contributed by atoms with Gasteiger partial charge in [0, 0.05) is 10.6 Å². The molecule has 0 aliphatic carbocycles. The van der Waals surface area contributed by atoms with Crippen LogP contribution in [0.15, 0.2) is 95.4 Å². The van der Waals surface area contributed by atoms with Crippen molar-refractivity contribution in [3.63, 3.8) is 0 Å². The fourth-order valence-corrected chi connectivity index (χ4v) is 4.44. The zero-order chi connectivity index (χ0) is 29.3. The van der Waals surface area contributed by atoms with Crippen molar-refractivity contribution in [2.45, 2.75) is 33.3 Å². The SMILES string of the molecule is CCCCOc1ccc(C(=O)/C(=C/c2ccc(OCc3ccc(Cl)cc3)c(OCC)c2)c2nc3ccccc3o2)cc1. The molecule has 0 radical (unpaired) electrons. The summed E-state index contributed by atoms with van der Waals surface area (Å²) in [6.07, 6.45) is 3.79. The minimum atomic E-state index is -0.220. The Morgan fingerprint density at radius 2 is 1.67 bits per heavy atom. The molecule has 0 fully saturated rings. The van der Waals surface area contributed by atoms with Gasteiger partial charge in [0.15, 0.2) is 22.9 Å². The number of ketones is 1. The highest BCUT2D eigenvalue weighted by molar-refractivity contribution is 6.31. The van der Waals surface area contributed by atoms with E-state index in [-0.39, 0.29) is 11.7 Å². The largest absolute Gasteiger partial charge is 0.494 e. The van der Waals surface area contributed by atoms with E-state index in [2.05, 4.69) is 11.9 Å². The molecule has 214 valence electrons. The van der Waals surface area contributed by atoms with Crippen LogP contribution >= 0.6 is 11.6 Å². The Hall–Kier alpha value is -4.55. The van der Waals surface area contributed by atoms with Crippen LogP contribution in [0.4, 0.5) is 0 Å². The van der Waals surface area contributed by atoms with Gasteiger partial charge in [-0.2, -0.15) is 0 Å². The lowest BCUT2D eigenvalue weighted by Gasteiger charge is -2.13. The first-order chi connectivity index (χ1) is 20.5. The van der Waals surface area contributed by atoms with Gasteiger partial charge in [-0.3, -0.25) is 4.79 Å². The van der Waals surface area contributed by atoms with Crippen LogP contribution < -0.4 is 14.2 Å². The molecule has 5 rings (SSSR count). The summed E-state index contributed by atoms with van der Waals surface area (Å²) in [7, 11) is 0. The maximum Gasteiger partial charge on any atom is 0.231 e. The lowest BCUT2D eigenvalue weighted by atomic mass is 10.0. The fourth-order valence-electron chi connectivity index (χ4n) is 4.31. The van der Waals surface area contributed by atoms with Crippen molar-refractivity contribution < 1.29 is 23.4 Å². The van der Waals surface area contributed by atoms with Gasteiger partial charge in [0.2, 0.25) is 5.89 Å². The number of hydrogen-bond acceptors (Lipinski definition) is 6. The molecule has 0 unspecified atom stereocenters. The number of carbonyl (C=O) groups is 1. The van der Waals surface area contributed by atoms with Gasteiger partial charge in [-0.1, -0.05) is 55.3 Å². The van der Waals surface area contributed by atoms with Crippen LogP contribution in [0.25, 0.3) is 22.7 Å². The van der Waals surface area contributed by atoms with Gasteiger partial charge in [0.25, 0.3) is 0 Å². The third kappa shape index (κ3) is 7.20. The van der Waals surface area contributed by atoms with Gasteiger partial charge in [-0.05, 0) is 91.2 Å². The number of para-hydroxylation sites is 2. The normalized spacial score (nSPS) is 11.5. The highest BCUT2D eigenvalue weighted by Gasteiger charge is 2.21. The summed E-state index contributed by atoms with van der Waals surface area (Å²) in [5.41, 5.74) is 3.82. The number of fused-ring (bicyclic) bond motifs is 1. The molecule has 0 aliphatic rings. The van der Waals surface area contributed by atoms with Crippen molar-refractivity contribution in [2.24, 2.45) is 0 Å². The Morgan fingerprint density at radius 3 is 2.40 bits per heavy atom. The maximum absolute atomic E-state index is 13.9. The lowest BCUT2D eigenvalue weighted by Crippen LogP contribution is -2.04. The van der Waals surface area contributed by atoms with E-state index in [1.54, 1.807) is 18.2 Å². The highest BCUT2D eigenvalue weighted by Crippen LogP contribution is 2.32. The van der Waals surface area contributed by atoms with E-state index in [1.165, 1.54) is 0 Å². The Bertz CT molecular complexity index is 1640. The number of hydrogen-bond donors (Lipinski definition) is 0. The molecule has 0 aliphatic heterocycles. The number of carbonyl (C=O) groups excluding carboxylic acids is 1. The van der Waals surface area contributed by atoms with E-state index >= 15 is 0 Å². The van der Waals surface area contributed by atoms with E-state index in [1.807, 2.05) is 85.8 Å². The smallest absolute Gasteiger partial charge is 0.231 e. The molecule has 0 N–H and O–H groups in total. The predicted molar refractivity (Wildman–Crippen MR) is 166 cm³/mol. The second-order valence-electron chi connectivity index (χ2n) is 9.65. The summed E-state index contributed by atoms with van der Waals surface area (Å²) >= 11 is 6.01. The fraction of sp³-hybridized carbons (Fsp3) is 0.200. The zero-order valence-electron chi connectivity index (χ0n) is 23.6. The quantitative estimate of drug-likeness (QED) is 0.0784. The van der Waals surface area contributed by atoms with Crippen molar-refractivity contribution in [3.05, 3.63) is 119 Å². The van der Waals surface area contributed by atoms with Crippen LogP contribution in [0.5, 0.6) is 17.2 Å². The number of allylic oxidation sites excluding steroid dienone is 1. The van der Waals surface area contributed by atoms with Crippen molar-refractivity contribution in [1.29, 1.82) is 0 Å². The van der Waals surface area contributed by atoms with Crippen molar-refractivity contribution >= 4 is 40.1 Å². The van der Waals surface area contributed by atoms with Gasteiger partial charge in [-0.25, -0.2) is 4.98 Å². The van der Waals surface area contributed by atoms with Gasteiger partial charge < -0.3 is 18.6 Å². The molecule has 0 bridgehead atoms. The standard InChI is InChI=1S/C35H32ClNO5/c1-3-5-20-40-28-17-13-26(14-18-28)34(38)29(35-37-30-8-6-7-9-31(30)42-35)21-25-12-19-32(33(22-25)39-4-2)41-23-24-10-15-27(36)16-11-24/h6-19,21-22H,3-5,20,23H2,1-2H3/b29-21-. The topological polar surface area (TPSA) is 70.8 Å². The first kappa shape index (κ1) is 29.0.